The lowest BCUT2D eigenvalue weighted by molar-refractivity contribution is -0.130. The van der Waals surface area contributed by atoms with Crippen molar-refractivity contribution in [2.75, 3.05) is 13.7 Å². The number of ether oxygens (including phenoxy) is 2. The van der Waals surface area contributed by atoms with E-state index in [1.165, 1.54) is 31.4 Å². The Morgan fingerprint density at radius 2 is 1.97 bits per heavy atom. The molecular formula is C22H27FN2O6S. The Balaban J connectivity index is 1.53. The molecule has 174 valence electrons. The molecule has 0 saturated carbocycles. The van der Waals surface area contributed by atoms with E-state index in [-0.39, 0.29) is 36.2 Å². The van der Waals surface area contributed by atoms with Gasteiger partial charge in [0.05, 0.1) is 43.3 Å². The van der Waals surface area contributed by atoms with Crippen LogP contribution in [0.25, 0.3) is 0 Å². The average Bonchev–Trinajstić information content (AvgIpc) is 2.79. The number of sulfonamides is 1. The first-order chi connectivity index (χ1) is 15.3. The predicted molar refractivity (Wildman–Crippen MR) is 115 cm³/mol. The normalized spacial score (nSPS) is 21.2. The second-order valence-electron chi connectivity index (χ2n) is 7.57. The zero-order chi connectivity index (χ0) is 23.1. The maximum atomic E-state index is 13.0. The van der Waals surface area contributed by atoms with Crippen LogP contribution in [0.3, 0.4) is 0 Å². The molecule has 10 heteroatoms. The highest BCUT2D eigenvalue weighted by molar-refractivity contribution is 7.89. The van der Waals surface area contributed by atoms with Crippen LogP contribution in [0.15, 0.2) is 53.4 Å². The summed E-state index contributed by atoms with van der Waals surface area (Å²) >= 11 is 0. The molecule has 0 bridgehead atoms. The van der Waals surface area contributed by atoms with Gasteiger partial charge in [0, 0.05) is 12.6 Å². The summed E-state index contributed by atoms with van der Waals surface area (Å²) in [7, 11) is -2.40. The number of aliphatic hydroxyl groups excluding tert-OH is 1. The summed E-state index contributed by atoms with van der Waals surface area (Å²) in [6, 6.07) is 11.3. The smallest absolute Gasteiger partial charge is 0.241 e. The number of halogens is 1. The van der Waals surface area contributed by atoms with E-state index in [2.05, 4.69) is 10.0 Å². The van der Waals surface area contributed by atoms with E-state index in [1.54, 1.807) is 24.3 Å². The minimum absolute atomic E-state index is 0.0517. The molecule has 0 aliphatic carbocycles. The van der Waals surface area contributed by atoms with E-state index in [0.717, 1.165) is 5.56 Å². The highest BCUT2D eigenvalue weighted by atomic mass is 32.2. The lowest BCUT2D eigenvalue weighted by Crippen LogP contribution is -2.51. The Labute approximate surface area is 186 Å². The molecule has 2 aromatic rings. The second kappa shape index (κ2) is 10.9. The SMILES string of the molecule is COc1cccc(S(=O)(=O)N[C@H]2CC[C@H](CC(=O)NCc3ccc(F)cc3)O[C@H]2CO)c1. The second-order valence-corrected chi connectivity index (χ2v) is 9.28. The predicted octanol–water partition coefficient (Wildman–Crippen LogP) is 1.73. The average molecular weight is 467 g/mol. The molecule has 2 aromatic carbocycles. The molecule has 0 aromatic heterocycles. The minimum atomic E-state index is -3.85. The number of methoxy groups -OCH3 is 1. The fourth-order valence-electron chi connectivity index (χ4n) is 3.53. The molecule has 32 heavy (non-hydrogen) atoms. The summed E-state index contributed by atoms with van der Waals surface area (Å²) in [5.41, 5.74) is 0.768. The number of hydrogen-bond donors (Lipinski definition) is 3. The maximum Gasteiger partial charge on any atom is 0.241 e. The number of rotatable bonds is 9. The molecular weight excluding hydrogens is 439 g/mol. The van der Waals surface area contributed by atoms with Crippen LogP contribution in [0.5, 0.6) is 5.75 Å². The molecule has 1 amide bonds. The van der Waals surface area contributed by atoms with Crippen molar-refractivity contribution in [3.05, 3.63) is 59.9 Å². The van der Waals surface area contributed by atoms with Gasteiger partial charge < -0.3 is 19.9 Å². The van der Waals surface area contributed by atoms with Crippen molar-refractivity contribution in [2.45, 2.75) is 49.0 Å². The van der Waals surface area contributed by atoms with Gasteiger partial charge in [0.2, 0.25) is 15.9 Å². The van der Waals surface area contributed by atoms with Crippen molar-refractivity contribution in [3.63, 3.8) is 0 Å². The zero-order valence-electron chi connectivity index (χ0n) is 17.7. The van der Waals surface area contributed by atoms with Gasteiger partial charge in [-0.25, -0.2) is 17.5 Å². The largest absolute Gasteiger partial charge is 0.497 e. The summed E-state index contributed by atoms with van der Waals surface area (Å²) in [5.74, 6) is -0.174. The number of carbonyl (C=O) groups excluding carboxylic acids is 1. The van der Waals surface area contributed by atoms with Gasteiger partial charge in [0.1, 0.15) is 11.6 Å². The van der Waals surface area contributed by atoms with Crippen molar-refractivity contribution < 1.29 is 32.2 Å². The summed E-state index contributed by atoms with van der Waals surface area (Å²) < 4.78 is 51.9. The van der Waals surface area contributed by atoms with Crippen LogP contribution in [0.2, 0.25) is 0 Å². The Bertz CT molecular complexity index is 1020. The van der Waals surface area contributed by atoms with E-state index in [9.17, 15) is 22.7 Å². The van der Waals surface area contributed by atoms with Crippen LogP contribution >= 0.6 is 0 Å². The lowest BCUT2D eigenvalue weighted by Gasteiger charge is -2.35. The molecule has 3 rings (SSSR count). The molecule has 3 atom stereocenters. The van der Waals surface area contributed by atoms with E-state index in [1.807, 2.05) is 0 Å². The van der Waals surface area contributed by atoms with Gasteiger partial charge in [-0.1, -0.05) is 18.2 Å². The highest BCUT2D eigenvalue weighted by Crippen LogP contribution is 2.24. The summed E-state index contributed by atoms with van der Waals surface area (Å²) in [6.45, 7) is -0.128. The van der Waals surface area contributed by atoms with Gasteiger partial charge in [-0.3, -0.25) is 4.79 Å². The number of amides is 1. The van der Waals surface area contributed by atoms with E-state index in [4.69, 9.17) is 9.47 Å². The fraction of sp³-hybridized carbons (Fsp3) is 0.409. The van der Waals surface area contributed by atoms with Crippen molar-refractivity contribution in [1.82, 2.24) is 10.0 Å². The van der Waals surface area contributed by atoms with Crippen molar-refractivity contribution in [3.8, 4) is 5.75 Å². The molecule has 8 nitrogen and oxygen atoms in total. The Morgan fingerprint density at radius 1 is 1.22 bits per heavy atom. The van der Waals surface area contributed by atoms with Gasteiger partial charge in [-0.2, -0.15) is 0 Å². The van der Waals surface area contributed by atoms with Crippen LogP contribution in [0.1, 0.15) is 24.8 Å². The molecule has 1 heterocycles. The number of aliphatic hydroxyl groups is 1. The molecule has 0 unspecified atom stereocenters. The zero-order valence-corrected chi connectivity index (χ0v) is 18.5. The van der Waals surface area contributed by atoms with Gasteiger partial charge in [0.15, 0.2) is 0 Å². The number of benzene rings is 2. The molecule has 0 radical (unpaired) electrons. The first-order valence-electron chi connectivity index (χ1n) is 10.2. The topological polar surface area (TPSA) is 114 Å². The van der Waals surface area contributed by atoms with Crippen LogP contribution in [0.4, 0.5) is 4.39 Å². The van der Waals surface area contributed by atoms with Gasteiger partial charge in [-0.15, -0.1) is 0 Å². The number of hydrogen-bond acceptors (Lipinski definition) is 6. The van der Waals surface area contributed by atoms with Gasteiger partial charge >= 0.3 is 0 Å². The maximum absolute atomic E-state index is 13.0. The van der Waals surface area contributed by atoms with E-state index >= 15 is 0 Å². The molecule has 1 aliphatic rings. The third-order valence-corrected chi connectivity index (χ3v) is 6.76. The third kappa shape index (κ3) is 6.49. The van der Waals surface area contributed by atoms with Crippen LogP contribution < -0.4 is 14.8 Å². The lowest BCUT2D eigenvalue weighted by atomic mass is 9.98. The summed E-state index contributed by atoms with van der Waals surface area (Å²) in [5, 5.41) is 12.5. The van der Waals surface area contributed by atoms with Crippen molar-refractivity contribution in [2.24, 2.45) is 0 Å². The quantitative estimate of drug-likeness (QED) is 0.519. The van der Waals surface area contributed by atoms with Crippen LogP contribution in [-0.2, 0) is 26.1 Å². The first kappa shape index (κ1) is 24.1. The molecule has 1 aliphatic heterocycles. The standard InChI is InChI=1S/C22H27FN2O6S/c1-30-17-3-2-4-19(11-17)32(28,29)25-20-10-9-18(31-21(20)14-26)12-22(27)24-13-15-5-7-16(23)8-6-15/h2-8,11,18,20-21,25-26H,9-10,12-14H2,1H3,(H,24,27)/t18-,20+,21+/m1/s1. The molecule has 1 saturated heterocycles. The molecule has 0 spiro atoms. The minimum Gasteiger partial charge on any atom is -0.497 e. The molecule has 1 fully saturated rings. The van der Waals surface area contributed by atoms with Gasteiger partial charge in [0.25, 0.3) is 0 Å². The summed E-state index contributed by atoms with van der Waals surface area (Å²) in [6.07, 6.45) is -0.291. The van der Waals surface area contributed by atoms with Crippen LogP contribution in [0, 0.1) is 5.82 Å². The third-order valence-electron chi connectivity index (χ3n) is 5.27. The Morgan fingerprint density at radius 3 is 2.66 bits per heavy atom. The first-order valence-corrected chi connectivity index (χ1v) is 11.7. The van der Waals surface area contributed by atoms with Crippen LogP contribution in [-0.4, -0.2) is 51.4 Å². The number of nitrogens with one attached hydrogen (secondary N) is 2. The van der Waals surface area contributed by atoms with E-state index < -0.39 is 28.3 Å². The summed E-state index contributed by atoms with van der Waals surface area (Å²) in [4.78, 5) is 12.3. The van der Waals surface area contributed by atoms with Gasteiger partial charge in [-0.05, 0) is 42.7 Å². The van der Waals surface area contributed by atoms with Crippen molar-refractivity contribution in [1.29, 1.82) is 0 Å². The fourth-order valence-corrected chi connectivity index (χ4v) is 4.87. The highest BCUT2D eigenvalue weighted by Gasteiger charge is 2.34. The molecule has 3 N–H and O–H groups in total. The number of carbonyl (C=O) groups is 1. The monoisotopic (exact) mass is 466 g/mol. The van der Waals surface area contributed by atoms with Crippen molar-refractivity contribution >= 4 is 15.9 Å². The Hall–Kier alpha value is -2.53. The Kier molecular flexibility index (Phi) is 8.19. The van der Waals surface area contributed by atoms with E-state index in [0.29, 0.717) is 18.6 Å².